The van der Waals surface area contributed by atoms with E-state index < -0.39 is 0 Å². The molecule has 0 spiro atoms. The second-order valence-electron chi connectivity index (χ2n) is 4.36. The fraction of sp³-hybridized carbons (Fsp3) is 0.571. The minimum Gasteiger partial charge on any atom is -0.396 e. The average Bonchev–Trinajstić information content (AvgIpc) is 2.41. The third kappa shape index (κ3) is 6.06. The van der Waals surface area contributed by atoms with Crippen LogP contribution in [0.1, 0.15) is 25.3 Å². The fourth-order valence-electron chi connectivity index (χ4n) is 1.78. The molecule has 1 saturated heterocycles. The Hall–Kier alpha value is -0.570. The maximum absolute atomic E-state index is 8.66. The summed E-state index contributed by atoms with van der Waals surface area (Å²) in [4.78, 5) is 0. The molecule has 0 aromatic heterocycles. The molecule has 1 aromatic rings. The first kappa shape index (κ1) is 14.5. The molecule has 2 nitrogen and oxygen atoms in total. The van der Waals surface area contributed by atoms with Crippen molar-refractivity contribution in [2.75, 3.05) is 19.7 Å². The zero-order valence-electron chi connectivity index (χ0n) is 10.5. The summed E-state index contributed by atoms with van der Waals surface area (Å²) in [6.07, 6.45) is 3.38. The van der Waals surface area contributed by atoms with E-state index in [1.54, 1.807) is 0 Å². The Balaban J connectivity index is 0.000000171. The summed E-state index contributed by atoms with van der Waals surface area (Å²) in [5.41, 5.74) is 1.33. The lowest BCUT2D eigenvalue weighted by atomic mass is 10.00. The van der Waals surface area contributed by atoms with Crippen LogP contribution in [-0.2, 0) is 6.42 Å². The van der Waals surface area contributed by atoms with E-state index in [-0.39, 0.29) is 0 Å². The number of hydrogen-bond donors (Lipinski definition) is 2. The molecule has 0 radical (unpaired) electrons. The number of rotatable bonds is 2. The number of nitrogens with one attached hydrogen (secondary N) is 1. The first-order valence-electron chi connectivity index (χ1n) is 6.32. The van der Waals surface area contributed by atoms with E-state index >= 15 is 0 Å². The molecule has 0 bridgehead atoms. The minimum atomic E-state index is 0.377. The van der Waals surface area contributed by atoms with Crippen LogP contribution in [0.5, 0.6) is 0 Å². The van der Waals surface area contributed by atoms with Gasteiger partial charge in [0.1, 0.15) is 0 Å². The molecule has 0 unspecified atom stereocenters. The molecule has 1 aliphatic rings. The standard InChI is InChI=1S/C8H9Cl.C6H13NO/c1-2-7-3-5-8(9)6-4-7;8-5-6-1-3-7-4-2-6/h3-6H,2H2,1H3;6-8H,1-5H2. The molecule has 1 fully saturated rings. The Kier molecular flexibility index (Phi) is 7.25. The van der Waals surface area contributed by atoms with E-state index in [1.165, 1.54) is 5.56 Å². The lowest BCUT2D eigenvalue weighted by Crippen LogP contribution is -2.29. The van der Waals surface area contributed by atoms with Gasteiger partial charge in [0.15, 0.2) is 0 Å². The van der Waals surface area contributed by atoms with Crippen LogP contribution >= 0.6 is 11.6 Å². The quantitative estimate of drug-likeness (QED) is 0.852. The van der Waals surface area contributed by atoms with Crippen molar-refractivity contribution in [1.82, 2.24) is 5.32 Å². The zero-order valence-corrected chi connectivity index (χ0v) is 11.2. The number of aliphatic hydroxyl groups is 1. The van der Waals surface area contributed by atoms with Gasteiger partial charge in [-0.2, -0.15) is 0 Å². The van der Waals surface area contributed by atoms with E-state index in [1.807, 2.05) is 24.3 Å². The normalized spacial score (nSPS) is 16.2. The third-order valence-electron chi connectivity index (χ3n) is 3.04. The number of aliphatic hydroxyl groups excluding tert-OH is 1. The Labute approximate surface area is 109 Å². The maximum atomic E-state index is 8.66. The van der Waals surface area contributed by atoms with Crippen molar-refractivity contribution >= 4 is 11.6 Å². The lowest BCUT2D eigenvalue weighted by Gasteiger charge is -2.19. The SMILES string of the molecule is CCc1ccc(Cl)cc1.OCC1CCNCC1. The zero-order chi connectivity index (χ0) is 12.5. The van der Waals surface area contributed by atoms with Crippen LogP contribution in [0, 0.1) is 5.92 Å². The lowest BCUT2D eigenvalue weighted by molar-refractivity contribution is 0.196. The molecule has 2 rings (SSSR count). The highest BCUT2D eigenvalue weighted by atomic mass is 35.5. The predicted octanol–water partition coefficient (Wildman–Crippen LogP) is 2.88. The van der Waals surface area contributed by atoms with Crippen molar-refractivity contribution in [3.63, 3.8) is 0 Å². The molecule has 0 saturated carbocycles. The highest BCUT2D eigenvalue weighted by Gasteiger charge is 2.10. The molecule has 0 atom stereocenters. The van der Waals surface area contributed by atoms with Crippen LogP contribution in [0.25, 0.3) is 0 Å². The molecular weight excluding hydrogens is 234 g/mol. The third-order valence-corrected chi connectivity index (χ3v) is 3.29. The number of aryl methyl sites for hydroxylation is 1. The fourth-order valence-corrected chi connectivity index (χ4v) is 1.91. The summed E-state index contributed by atoms with van der Waals surface area (Å²) in [7, 11) is 0. The first-order valence-corrected chi connectivity index (χ1v) is 6.70. The molecular formula is C14H22ClNO. The Morgan fingerprint density at radius 1 is 1.24 bits per heavy atom. The van der Waals surface area contributed by atoms with Gasteiger partial charge in [-0.25, -0.2) is 0 Å². The monoisotopic (exact) mass is 255 g/mol. The molecule has 3 heteroatoms. The molecule has 96 valence electrons. The van der Waals surface area contributed by atoms with Crippen LogP contribution in [0.15, 0.2) is 24.3 Å². The predicted molar refractivity (Wildman–Crippen MR) is 73.5 cm³/mol. The molecule has 0 aliphatic carbocycles. The van der Waals surface area contributed by atoms with E-state index in [2.05, 4.69) is 12.2 Å². The average molecular weight is 256 g/mol. The highest BCUT2D eigenvalue weighted by Crippen LogP contribution is 2.09. The number of hydrogen-bond acceptors (Lipinski definition) is 2. The van der Waals surface area contributed by atoms with E-state index in [4.69, 9.17) is 16.7 Å². The van der Waals surface area contributed by atoms with Crippen LogP contribution in [0.2, 0.25) is 5.02 Å². The van der Waals surface area contributed by atoms with Gasteiger partial charge in [0.25, 0.3) is 0 Å². The smallest absolute Gasteiger partial charge is 0.0460 e. The first-order chi connectivity index (χ1) is 8.26. The summed E-state index contributed by atoms with van der Waals surface area (Å²) in [6, 6.07) is 7.92. The van der Waals surface area contributed by atoms with Crippen molar-refractivity contribution in [3.8, 4) is 0 Å². The van der Waals surface area contributed by atoms with Gasteiger partial charge in [-0.1, -0.05) is 30.7 Å². The van der Waals surface area contributed by atoms with Gasteiger partial charge in [-0.3, -0.25) is 0 Å². The summed E-state index contributed by atoms with van der Waals surface area (Å²) >= 11 is 5.67. The topological polar surface area (TPSA) is 32.3 Å². The van der Waals surface area contributed by atoms with E-state index in [9.17, 15) is 0 Å². The van der Waals surface area contributed by atoms with Gasteiger partial charge in [-0.15, -0.1) is 0 Å². The molecule has 2 N–H and O–H groups in total. The van der Waals surface area contributed by atoms with Gasteiger partial charge in [0, 0.05) is 11.6 Å². The number of benzene rings is 1. The second kappa shape index (κ2) is 8.51. The Morgan fingerprint density at radius 3 is 2.24 bits per heavy atom. The van der Waals surface area contributed by atoms with Crippen molar-refractivity contribution in [3.05, 3.63) is 34.9 Å². The minimum absolute atomic E-state index is 0.377. The number of piperidine rings is 1. The van der Waals surface area contributed by atoms with Crippen molar-refractivity contribution < 1.29 is 5.11 Å². The van der Waals surface area contributed by atoms with E-state index in [0.29, 0.717) is 12.5 Å². The molecule has 1 aromatic carbocycles. The van der Waals surface area contributed by atoms with Crippen molar-refractivity contribution in [2.24, 2.45) is 5.92 Å². The summed E-state index contributed by atoms with van der Waals surface area (Å²) in [5.74, 6) is 0.580. The maximum Gasteiger partial charge on any atom is 0.0460 e. The molecule has 1 heterocycles. The van der Waals surface area contributed by atoms with Crippen LogP contribution < -0.4 is 5.32 Å². The van der Waals surface area contributed by atoms with Crippen molar-refractivity contribution in [2.45, 2.75) is 26.2 Å². The van der Waals surface area contributed by atoms with Gasteiger partial charge in [-0.05, 0) is 56.0 Å². The van der Waals surface area contributed by atoms with Gasteiger partial charge in [0.05, 0.1) is 0 Å². The highest BCUT2D eigenvalue weighted by molar-refractivity contribution is 6.30. The van der Waals surface area contributed by atoms with Gasteiger partial charge < -0.3 is 10.4 Å². The second-order valence-corrected chi connectivity index (χ2v) is 4.79. The van der Waals surface area contributed by atoms with E-state index in [0.717, 1.165) is 37.4 Å². The Bertz CT molecular complexity index is 294. The summed E-state index contributed by atoms with van der Waals surface area (Å²) in [6.45, 7) is 4.68. The largest absolute Gasteiger partial charge is 0.396 e. The Morgan fingerprint density at radius 2 is 1.82 bits per heavy atom. The van der Waals surface area contributed by atoms with Gasteiger partial charge in [0.2, 0.25) is 0 Å². The molecule has 17 heavy (non-hydrogen) atoms. The van der Waals surface area contributed by atoms with Crippen LogP contribution in [-0.4, -0.2) is 24.8 Å². The molecule has 0 amide bonds. The summed E-state index contributed by atoms with van der Waals surface area (Å²) < 4.78 is 0. The van der Waals surface area contributed by atoms with Crippen LogP contribution in [0.3, 0.4) is 0 Å². The number of halogens is 1. The summed E-state index contributed by atoms with van der Waals surface area (Å²) in [5, 5.41) is 12.7. The van der Waals surface area contributed by atoms with Gasteiger partial charge >= 0.3 is 0 Å². The molecule has 1 aliphatic heterocycles. The van der Waals surface area contributed by atoms with Crippen LogP contribution in [0.4, 0.5) is 0 Å². The van der Waals surface area contributed by atoms with Crippen molar-refractivity contribution in [1.29, 1.82) is 0 Å².